The number of likely N-dealkylation sites (N-methyl/N-ethyl adjacent to an activating group) is 1. The molecule has 0 radical (unpaired) electrons. The van der Waals surface area contributed by atoms with Gasteiger partial charge in [0.1, 0.15) is 11.2 Å². The number of benzene rings is 2. The number of aromatic nitrogens is 1. The van der Waals surface area contributed by atoms with Gasteiger partial charge in [0.15, 0.2) is 6.10 Å². The van der Waals surface area contributed by atoms with E-state index < -0.39 is 57.4 Å². The molecule has 2 saturated carbocycles. The Balaban J connectivity index is 1.19. The van der Waals surface area contributed by atoms with Crippen molar-refractivity contribution in [3.05, 3.63) is 70.9 Å². The fourth-order valence-corrected chi connectivity index (χ4v) is 15.4. The number of nitrogens with zero attached hydrogens (tertiary/aromatic N) is 3. The van der Waals surface area contributed by atoms with Gasteiger partial charge in [0.2, 0.25) is 5.60 Å². The molecule has 2 aliphatic carbocycles. The van der Waals surface area contributed by atoms with Crippen molar-refractivity contribution in [3.8, 4) is 5.75 Å². The summed E-state index contributed by atoms with van der Waals surface area (Å²) in [5.41, 5.74) is -1.35. The van der Waals surface area contributed by atoms with Gasteiger partial charge in [-0.05, 0) is 87.1 Å². The number of aliphatic hydroxyl groups is 1. The topological polar surface area (TPSA) is 175 Å². The van der Waals surface area contributed by atoms with Gasteiger partial charge < -0.3 is 49.5 Å². The highest BCUT2D eigenvalue weighted by molar-refractivity contribution is 5.95. The van der Waals surface area contributed by atoms with Crippen LogP contribution >= 0.6 is 0 Å². The van der Waals surface area contributed by atoms with Crippen molar-refractivity contribution in [1.82, 2.24) is 25.4 Å². The van der Waals surface area contributed by atoms with Crippen LogP contribution in [-0.4, -0.2) is 140 Å². The molecule has 366 valence electrons. The number of methoxy groups -OCH3 is 3. The first-order chi connectivity index (χ1) is 32.7. The van der Waals surface area contributed by atoms with Gasteiger partial charge in [0, 0.05) is 97.0 Å². The number of carbonyl (C=O) groups is 4. The van der Waals surface area contributed by atoms with Crippen LogP contribution in [0.25, 0.3) is 10.9 Å². The lowest BCUT2D eigenvalue weighted by Crippen LogP contribution is -2.81. The summed E-state index contributed by atoms with van der Waals surface area (Å²) in [6.07, 6.45) is 11.6. The zero-order chi connectivity index (χ0) is 48.0. The number of rotatable bonds is 9. The molecule has 15 nitrogen and oxygen atoms in total. The molecule has 7 aliphatic rings. The summed E-state index contributed by atoms with van der Waals surface area (Å²) in [6, 6.07) is 11.0. The summed E-state index contributed by atoms with van der Waals surface area (Å²) in [6.45, 7) is 8.88. The molecule has 2 aromatic carbocycles. The Hall–Kier alpha value is -5.12. The van der Waals surface area contributed by atoms with Crippen LogP contribution in [0.2, 0.25) is 0 Å². The van der Waals surface area contributed by atoms with Crippen molar-refractivity contribution in [2.45, 2.75) is 138 Å². The van der Waals surface area contributed by atoms with Crippen molar-refractivity contribution in [2.24, 2.45) is 11.3 Å². The summed E-state index contributed by atoms with van der Waals surface area (Å²) in [5.74, 6) is -1.56. The van der Waals surface area contributed by atoms with E-state index in [1.165, 1.54) is 27.6 Å². The molecule has 2 bridgehead atoms. The molecule has 1 spiro atoms. The van der Waals surface area contributed by atoms with Crippen molar-refractivity contribution < 1.29 is 43.2 Å². The van der Waals surface area contributed by atoms with Crippen LogP contribution in [0.5, 0.6) is 5.75 Å². The molecule has 5 aliphatic heterocycles. The summed E-state index contributed by atoms with van der Waals surface area (Å²) >= 11 is 0. The Morgan fingerprint density at radius 2 is 1.69 bits per heavy atom. The molecule has 10 rings (SSSR count). The Morgan fingerprint density at radius 3 is 2.40 bits per heavy atom. The van der Waals surface area contributed by atoms with Crippen LogP contribution in [0.3, 0.4) is 0 Å². The molecule has 15 heteroatoms. The number of ether oxygens (including phenoxy) is 4. The molecule has 1 aromatic heterocycles. The van der Waals surface area contributed by atoms with E-state index in [0.717, 1.165) is 59.1 Å². The number of para-hydroxylation sites is 1. The minimum atomic E-state index is -2.32. The number of nitrogens with one attached hydrogen (secondary N) is 3. The quantitative estimate of drug-likeness (QED) is 0.119. The Bertz CT molecular complexity index is 2540. The predicted octanol–water partition coefficient (Wildman–Crippen LogP) is 5.63. The monoisotopic (exact) mass is 935 g/mol. The first-order valence-corrected chi connectivity index (χ1v) is 25.0. The maximum atomic E-state index is 15.7. The van der Waals surface area contributed by atoms with E-state index in [9.17, 15) is 19.5 Å². The van der Waals surface area contributed by atoms with Crippen LogP contribution in [0.1, 0.15) is 107 Å². The van der Waals surface area contributed by atoms with E-state index in [1.54, 1.807) is 7.11 Å². The van der Waals surface area contributed by atoms with Crippen molar-refractivity contribution >= 4 is 40.5 Å². The van der Waals surface area contributed by atoms with E-state index >= 15 is 4.79 Å². The lowest BCUT2D eigenvalue weighted by molar-refractivity contribution is -0.228. The van der Waals surface area contributed by atoms with E-state index in [2.05, 4.69) is 62.7 Å². The predicted molar refractivity (Wildman–Crippen MR) is 257 cm³/mol. The van der Waals surface area contributed by atoms with Crippen LogP contribution in [-0.2, 0) is 45.8 Å². The first-order valence-electron chi connectivity index (χ1n) is 25.0. The number of hydrogen-bond acceptors (Lipinski definition) is 12. The second kappa shape index (κ2) is 17.1. The second-order valence-corrected chi connectivity index (χ2v) is 21.2. The van der Waals surface area contributed by atoms with Gasteiger partial charge in [-0.2, -0.15) is 0 Å². The molecule has 4 N–H and O–H groups in total. The molecular formula is C53H70N6O9. The van der Waals surface area contributed by atoms with Crippen LogP contribution < -0.4 is 20.3 Å². The van der Waals surface area contributed by atoms with E-state index in [0.29, 0.717) is 82.6 Å². The minimum absolute atomic E-state index is 0.0940. The van der Waals surface area contributed by atoms with Crippen molar-refractivity contribution in [1.29, 1.82) is 0 Å². The van der Waals surface area contributed by atoms with Gasteiger partial charge in [0.05, 0.1) is 32.9 Å². The molecule has 3 aromatic rings. The maximum absolute atomic E-state index is 15.7. The summed E-state index contributed by atoms with van der Waals surface area (Å²) < 4.78 is 24.3. The van der Waals surface area contributed by atoms with Gasteiger partial charge >= 0.3 is 23.9 Å². The van der Waals surface area contributed by atoms with E-state index in [1.807, 2.05) is 37.1 Å². The van der Waals surface area contributed by atoms with Gasteiger partial charge in [0.25, 0.3) is 0 Å². The molecule has 6 heterocycles. The zero-order valence-corrected chi connectivity index (χ0v) is 40.9. The fourth-order valence-electron chi connectivity index (χ4n) is 15.4. The highest BCUT2D eigenvalue weighted by atomic mass is 16.6. The third kappa shape index (κ3) is 6.60. The minimum Gasteiger partial charge on any atom is -0.496 e. The van der Waals surface area contributed by atoms with Crippen LogP contribution in [0.15, 0.2) is 48.6 Å². The number of carbonyl (C=O) groups excluding carboxylic acids is 4. The number of fused-ring (bicyclic) bond motifs is 6. The average molecular weight is 935 g/mol. The largest absolute Gasteiger partial charge is 0.496 e. The third-order valence-electron chi connectivity index (χ3n) is 18.0. The van der Waals surface area contributed by atoms with Crippen molar-refractivity contribution in [2.75, 3.05) is 66.0 Å². The van der Waals surface area contributed by atoms with Crippen LogP contribution in [0, 0.1) is 11.3 Å². The Morgan fingerprint density at radius 1 is 0.926 bits per heavy atom. The van der Waals surface area contributed by atoms with Gasteiger partial charge in [-0.3, -0.25) is 14.5 Å². The summed E-state index contributed by atoms with van der Waals surface area (Å²) in [5, 5.41) is 21.3. The Labute approximate surface area is 399 Å². The third-order valence-corrected chi connectivity index (χ3v) is 18.0. The highest BCUT2D eigenvalue weighted by Crippen LogP contribution is 2.68. The molecular weight excluding hydrogens is 865 g/mol. The SMILES string of the molecule is CC[C@]1(NC(=O)NC2CCCCC2)C[C@@H]2CN(CCc3c([nH]c4ccccc34)[C@@](C(=O)OC)(c3cc4c(cc3OC)N(C)[C@H]3[C@@](O)(C(=O)OC)[C@H](OC(C)=O)[C@]5(CC)C=CCN6CC[C@]43[C@@H]65)C2)C1. The maximum Gasteiger partial charge on any atom is 0.344 e. The van der Waals surface area contributed by atoms with Gasteiger partial charge in [-0.1, -0.05) is 63.5 Å². The smallest absolute Gasteiger partial charge is 0.344 e. The number of H-pyrrole nitrogens is 1. The molecule has 2 amide bonds. The molecule has 4 fully saturated rings. The molecule has 2 saturated heterocycles. The summed E-state index contributed by atoms with van der Waals surface area (Å²) in [7, 11) is 6.20. The van der Waals surface area contributed by atoms with Gasteiger partial charge in [-0.15, -0.1) is 0 Å². The van der Waals surface area contributed by atoms with Crippen LogP contribution in [0.4, 0.5) is 10.5 Å². The lowest BCUT2D eigenvalue weighted by Gasteiger charge is -2.63. The van der Waals surface area contributed by atoms with E-state index in [4.69, 9.17) is 18.9 Å². The fraction of sp³-hybridized carbons (Fsp3) is 0.623. The average Bonchev–Trinajstić information content (AvgIpc) is 4.00. The summed E-state index contributed by atoms with van der Waals surface area (Å²) in [4.78, 5) is 68.0. The molecule has 68 heavy (non-hydrogen) atoms. The van der Waals surface area contributed by atoms with E-state index in [-0.39, 0.29) is 24.0 Å². The Kier molecular flexibility index (Phi) is 11.7. The number of amides is 2. The number of anilines is 1. The number of hydrogen-bond donors (Lipinski definition) is 4. The number of piperidine rings is 1. The lowest BCUT2D eigenvalue weighted by atomic mass is 9.47. The van der Waals surface area contributed by atoms with Gasteiger partial charge in [-0.25, -0.2) is 9.59 Å². The standard InChI is InChI=1S/C53H70N6O9/c1-8-49(56-48(63)54-34-16-11-10-12-17-34)28-33-29-52(46(61)66-6,42-36(20-24-58(30-33)31-49)35-18-13-14-19-39(35)55-42)38-26-37-40(27-41(38)65-5)57(4)44-51(37)22-25-59-23-15-21-50(9-2,43(51)59)45(68-32(3)60)53(44,64)47(62)67-7/h13-15,18-19,21,26-27,33-34,43-45,55,64H,8-12,16-17,20,22-25,28-31H2,1-7H3,(H2,54,56,63)/t33-,43-,44+,45+,49-,50+,51+,52-,53-/m0/s1. The number of esters is 3. The highest BCUT2D eigenvalue weighted by Gasteiger charge is 2.80. The first kappa shape index (κ1) is 46.6. The van der Waals surface area contributed by atoms with Crippen molar-refractivity contribution in [3.63, 3.8) is 0 Å². The second-order valence-electron chi connectivity index (χ2n) is 21.2. The molecule has 10 atom stereocenters. The number of aromatic amines is 1. The zero-order valence-electron chi connectivity index (χ0n) is 40.9. The molecule has 1 unspecified atom stereocenters. The normalized spacial score (nSPS) is 35.1. The number of urea groups is 1.